The maximum atomic E-state index is 11.9. The normalized spacial score (nSPS) is 12.8. The minimum absolute atomic E-state index is 0.0663. The summed E-state index contributed by atoms with van der Waals surface area (Å²) in [5, 5.41) is 13.8. The molecule has 1 amide bonds. The van der Waals surface area contributed by atoms with Crippen LogP contribution in [0.4, 0.5) is 0 Å². The molecule has 2 atom stereocenters. The molecule has 0 fully saturated rings. The number of amides is 1. The minimum atomic E-state index is -1.14. The second-order valence-electron chi connectivity index (χ2n) is 6.51. The van der Waals surface area contributed by atoms with Crippen LogP contribution < -0.4 is 16.4 Å². The fourth-order valence-corrected chi connectivity index (χ4v) is 3.39. The summed E-state index contributed by atoms with van der Waals surface area (Å²) in [6, 6.07) is -0.688. The Morgan fingerprint density at radius 3 is 2.29 bits per heavy atom. The summed E-state index contributed by atoms with van der Waals surface area (Å²) in [6.07, 6.45) is 2.61. The molecule has 0 aliphatic heterocycles. The van der Waals surface area contributed by atoms with E-state index in [4.69, 9.17) is 5.73 Å². The highest BCUT2D eigenvalue weighted by atomic mass is 32.2. The summed E-state index contributed by atoms with van der Waals surface area (Å²) in [4.78, 5) is 57.1. The van der Waals surface area contributed by atoms with Crippen molar-refractivity contribution in [3.8, 4) is 0 Å². The molecule has 10 heteroatoms. The van der Waals surface area contributed by atoms with E-state index in [1.807, 2.05) is 0 Å². The van der Waals surface area contributed by atoms with Crippen LogP contribution in [-0.2, 0) is 24.0 Å². The molecule has 0 spiro atoms. The first kappa shape index (κ1) is 26.2. The van der Waals surface area contributed by atoms with Gasteiger partial charge in [0.2, 0.25) is 5.91 Å². The Kier molecular flexibility index (Phi) is 14.2. The van der Waals surface area contributed by atoms with E-state index in [9.17, 15) is 29.1 Å². The number of Topliss-reactive ketones (excluding diaryl/α,β-unsaturated/α-hetero) is 3. The Balaban J connectivity index is 4.32. The van der Waals surface area contributed by atoms with Crippen LogP contribution in [0.3, 0.4) is 0 Å². The molecule has 0 saturated heterocycles. The fraction of sp³-hybridized carbons (Fsp3) is 0.722. The van der Waals surface area contributed by atoms with Crippen molar-refractivity contribution in [2.24, 2.45) is 5.73 Å². The van der Waals surface area contributed by atoms with Gasteiger partial charge in [-0.1, -0.05) is 6.42 Å². The third-order valence-corrected chi connectivity index (χ3v) is 5.20. The van der Waals surface area contributed by atoms with Crippen LogP contribution in [0, 0.1) is 0 Å². The van der Waals surface area contributed by atoms with Crippen molar-refractivity contribution in [2.75, 3.05) is 25.4 Å². The van der Waals surface area contributed by atoms with Gasteiger partial charge in [-0.05, 0) is 26.7 Å². The number of carbonyl (C=O) groups is 5. The molecule has 0 heterocycles. The van der Waals surface area contributed by atoms with Crippen LogP contribution in [0.1, 0.15) is 46.0 Å². The van der Waals surface area contributed by atoms with Crippen LogP contribution in [-0.4, -0.2) is 71.0 Å². The summed E-state index contributed by atoms with van der Waals surface area (Å²) in [5.74, 6) is -1.73. The molecule has 28 heavy (non-hydrogen) atoms. The quantitative estimate of drug-likeness (QED) is 0.237. The number of thioether (sulfide) groups is 1. The molecule has 0 aliphatic rings. The number of rotatable bonds is 17. The second kappa shape index (κ2) is 15.2. The van der Waals surface area contributed by atoms with Crippen molar-refractivity contribution in [1.29, 1.82) is 0 Å². The number of nitrogens with one attached hydrogen (secondary N) is 2. The number of hydrogen-bond donors (Lipinski definition) is 4. The zero-order valence-corrected chi connectivity index (χ0v) is 17.3. The number of ketones is 3. The van der Waals surface area contributed by atoms with Crippen molar-refractivity contribution in [3.63, 3.8) is 0 Å². The SMILES string of the molecule is CC(=O)CCCCCNC(=O)CC(SCC(NCC(=O)CN)C(C)=O)C(=O)O. The molecule has 0 rings (SSSR count). The van der Waals surface area contributed by atoms with Crippen LogP contribution in [0.2, 0.25) is 0 Å². The van der Waals surface area contributed by atoms with Crippen molar-refractivity contribution in [1.82, 2.24) is 10.6 Å². The van der Waals surface area contributed by atoms with Gasteiger partial charge in [-0.25, -0.2) is 0 Å². The third kappa shape index (κ3) is 13.4. The summed E-state index contributed by atoms with van der Waals surface area (Å²) in [6.45, 7) is 3.10. The van der Waals surface area contributed by atoms with Gasteiger partial charge in [0.15, 0.2) is 5.78 Å². The van der Waals surface area contributed by atoms with Crippen molar-refractivity contribution >= 4 is 41.0 Å². The molecule has 0 aliphatic carbocycles. The van der Waals surface area contributed by atoms with Crippen molar-refractivity contribution in [3.05, 3.63) is 0 Å². The number of hydrogen-bond acceptors (Lipinski definition) is 8. The lowest BCUT2D eigenvalue weighted by atomic mass is 10.1. The van der Waals surface area contributed by atoms with E-state index in [0.29, 0.717) is 13.0 Å². The number of carboxylic acid groups (broad SMARTS) is 1. The van der Waals surface area contributed by atoms with Gasteiger partial charge in [-0.15, -0.1) is 11.8 Å². The maximum absolute atomic E-state index is 11.9. The van der Waals surface area contributed by atoms with Crippen molar-refractivity contribution < 1.29 is 29.1 Å². The summed E-state index contributed by atoms with van der Waals surface area (Å²) in [7, 11) is 0. The second-order valence-corrected chi connectivity index (χ2v) is 7.75. The number of aliphatic carboxylic acids is 1. The van der Waals surface area contributed by atoms with Gasteiger partial charge in [-0.2, -0.15) is 0 Å². The van der Waals surface area contributed by atoms with Crippen LogP contribution in [0.15, 0.2) is 0 Å². The first-order valence-electron chi connectivity index (χ1n) is 9.23. The molecule has 2 unspecified atom stereocenters. The van der Waals surface area contributed by atoms with Crippen LogP contribution in [0.5, 0.6) is 0 Å². The highest BCUT2D eigenvalue weighted by Crippen LogP contribution is 2.17. The molecule has 9 nitrogen and oxygen atoms in total. The molecular weight excluding hydrogens is 386 g/mol. The van der Waals surface area contributed by atoms with E-state index >= 15 is 0 Å². The predicted octanol–water partition coefficient (Wildman–Crippen LogP) is -0.0965. The van der Waals surface area contributed by atoms with Gasteiger partial charge >= 0.3 is 5.97 Å². The first-order chi connectivity index (χ1) is 13.2. The molecule has 0 aromatic rings. The van der Waals surface area contributed by atoms with Gasteiger partial charge in [0.05, 0.1) is 19.1 Å². The summed E-state index contributed by atoms with van der Waals surface area (Å²) >= 11 is 0.980. The summed E-state index contributed by atoms with van der Waals surface area (Å²) in [5.41, 5.74) is 5.21. The average Bonchev–Trinajstić information content (AvgIpc) is 2.62. The van der Waals surface area contributed by atoms with E-state index < -0.39 is 17.3 Å². The van der Waals surface area contributed by atoms with E-state index in [-0.39, 0.29) is 48.5 Å². The van der Waals surface area contributed by atoms with Gasteiger partial charge < -0.3 is 21.0 Å². The Labute approximate surface area is 169 Å². The molecule has 0 bridgehead atoms. The van der Waals surface area contributed by atoms with E-state index in [0.717, 1.165) is 31.0 Å². The Morgan fingerprint density at radius 1 is 1.07 bits per heavy atom. The molecule has 5 N–H and O–H groups in total. The Bertz CT molecular complexity index is 555. The Morgan fingerprint density at radius 2 is 1.75 bits per heavy atom. The molecule has 0 radical (unpaired) electrons. The molecule has 160 valence electrons. The third-order valence-electron chi connectivity index (χ3n) is 3.90. The topological polar surface area (TPSA) is 156 Å². The van der Waals surface area contributed by atoms with E-state index in [2.05, 4.69) is 10.6 Å². The van der Waals surface area contributed by atoms with Crippen molar-refractivity contribution in [2.45, 2.75) is 57.2 Å². The smallest absolute Gasteiger partial charge is 0.317 e. The molecule has 0 aromatic carbocycles. The minimum Gasteiger partial charge on any atom is -0.480 e. The molecule has 0 saturated carbocycles. The lowest BCUT2D eigenvalue weighted by Gasteiger charge is -2.18. The zero-order valence-electron chi connectivity index (χ0n) is 16.5. The number of carbonyl (C=O) groups excluding carboxylic acids is 4. The number of nitrogens with two attached hydrogens (primary N) is 1. The van der Waals surface area contributed by atoms with E-state index in [1.54, 1.807) is 0 Å². The van der Waals surface area contributed by atoms with Crippen LogP contribution >= 0.6 is 11.8 Å². The fourth-order valence-electron chi connectivity index (χ4n) is 2.20. The van der Waals surface area contributed by atoms with Gasteiger partial charge in [0, 0.05) is 25.1 Å². The largest absolute Gasteiger partial charge is 0.480 e. The highest BCUT2D eigenvalue weighted by molar-refractivity contribution is 8.00. The molecule has 0 aromatic heterocycles. The van der Waals surface area contributed by atoms with Gasteiger partial charge in [0.25, 0.3) is 0 Å². The maximum Gasteiger partial charge on any atom is 0.317 e. The lowest BCUT2D eigenvalue weighted by Crippen LogP contribution is -2.42. The molecular formula is C18H31N3O6S. The number of unbranched alkanes of at least 4 members (excludes halogenated alkanes) is 2. The number of carboxylic acids is 1. The van der Waals surface area contributed by atoms with E-state index in [1.165, 1.54) is 13.8 Å². The average molecular weight is 418 g/mol. The monoisotopic (exact) mass is 417 g/mol. The summed E-state index contributed by atoms with van der Waals surface area (Å²) < 4.78 is 0. The van der Waals surface area contributed by atoms with Gasteiger partial charge in [0.1, 0.15) is 16.8 Å². The lowest BCUT2D eigenvalue weighted by molar-refractivity contribution is -0.138. The highest BCUT2D eigenvalue weighted by Gasteiger charge is 2.24. The Hall–Kier alpha value is -1.78. The van der Waals surface area contributed by atoms with Crippen LogP contribution in [0.25, 0.3) is 0 Å². The predicted molar refractivity (Wildman–Crippen MR) is 107 cm³/mol. The van der Waals surface area contributed by atoms with Gasteiger partial charge in [-0.3, -0.25) is 24.5 Å². The standard InChI is InChI=1S/C18H31N3O6S/c1-12(22)6-4-3-5-7-20-17(25)8-16(18(26)27)28-11-15(13(2)23)21-10-14(24)9-19/h15-16,21H,3-11,19H2,1-2H3,(H,20,25)(H,26,27). The zero-order chi connectivity index (χ0) is 21.5. The first-order valence-corrected chi connectivity index (χ1v) is 10.3.